The van der Waals surface area contributed by atoms with Crippen molar-refractivity contribution in [2.75, 3.05) is 11.9 Å². The van der Waals surface area contributed by atoms with E-state index in [1.807, 2.05) is 18.2 Å². The van der Waals surface area contributed by atoms with Gasteiger partial charge in [0.25, 0.3) is 5.91 Å². The number of carbonyl (C=O) groups is 1. The Morgan fingerprint density at radius 3 is 2.65 bits per heavy atom. The molecular formula is C15H15N3O2. The number of nitrogens with zero attached hydrogens (tertiary/aromatic N) is 2. The molecule has 1 amide bonds. The molecule has 1 aromatic heterocycles. The monoisotopic (exact) mass is 269 g/mol. The molecule has 20 heavy (non-hydrogen) atoms. The van der Waals surface area contributed by atoms with E-state index < -0.39 is 0 Å². The molecule has 2 N–H and O–H groups in total. The number of rotatable bonds is 4. The molecule has 0 saturated heterocycles. The van der Waals surface area contributed by atoms with Crippen molar-refractivity contribution >= 4 is 11.6 Å². The molecule has 2 aromatic rings. The lowest BCUT2D eigenvalue weighted by molar-refractivity contribution is 0.101. The van der Waals surface area contributed by atoms with Crippen molar-refractivity contribution in [2.45, 2.75) is 6.42 Å². The Morgan fingerprint density at radius 1 is 1.40 bits per heavy atom. The highest BCUT2D eigenvalue weighted by molar-refractivity contribution is 6.03. The highest BCUT2D eigenvalue weighted by Crippen LogP contribution is 2.13. The van der Waals surface area contributed by atoms with Crippen molar-refractivity contribution in [1.29, 1.82) is 5.26 Å². The SMILES string of the molecule is Cn1cc(C#N)cc1C(=O)Nc1ccc(CCO)cc1. The van der Waals surface area contributed by atoms with Crippen LogP contribution in [0.5, 0.6) is 0 Å². The number of amides is 1. The normalized spacial score (nSPS) is 10.1. The van der Waals surface area contributed by atoms with Gasteiger partial charge in [-0.05, 0) is 30.2 Å². The van der Waals surface area contributed by atoms with Crippen molar-refractivity contribution in [1.82, 2.24) is 4.57 Å². The van der Waals surface area contributed by atoms with Crippen LogP contribution in [0.25, 0.3) is 0 Å². The van der Waals surface area contributed by atoms with Crippen molar-refractivity contribution in [2.24, 2.45) is 7.05 Å². The fraction of sp³-hybridized carbons (Fsp3) is 0.200. The van der Waals surface area contributed by atoms with Gasteiger partial charge in [0, 0.05) is 25.5 Å². The van der Waals surface area contributed by atoms with Crippen LogP contribution < -0.4 is 5.32 Å². The van der Waals surface area contributed by atoms with E-state index in [1.54, 1.807) is 36.0 Å². The maximum absolute atomic E-state index is 12.1. The molecule has 0 fully saturated rings. The second kappa shape index (κ2) is 6.04. The summed E-state index contributed by atoms with van der Waals surface area (Å²) in [7, 11) is 1.72. The molecule has 0 saturated carbocycles. The number of hydrogen-bond donors (Lipinski definition) is 2. The first kappa shape index (κ1) is 13.8. The minimum Gasteiger partial charge on any atom is -0.396 e. The Kier molecular flexibility index (Phi) is 4.18. The molecule has 0 radical (unpaired) electrons. The van der Waals surface area contributed by atoms with Crippen LogP contribution >= 0.6 is 0 Å². The lowest BCUT2D eigenvalue weighted by atomic mass is 10.1. The summed E-state index contributed by atoms with van der Waals surface area (Å²) in [4.78, 5) is 12.1. The second-order valence-corrected chi connectivity index (χ2v) is 4.46. The van der Waals surface area contributed by atoms with E-state index in [0.29, 0.717) is 23.4 Å². The molecule has 0 bridgehead atoms. The summed E-state index contributed by atoms with van der Waals surface area (Å²) in [6.45, 7) is 0.103. The Bertz CT molecular complexity index is 651. The van der Waals surface area contributed by atoms with Crippen molar-refractivity contribution in [3.8, 4) is 6.07 Å². The van der Waals surface area contributed by atoms with E-state index >= 15 is 0 Å². The van der Waals surface area contributed by atoms with E-state index in [9.17, 15) is 4.79 Å². The summed E-state index contributed by atoms with van der Waals surface area (Å²) in [5, 5.41) is 20.4. The number of carbonyl (C=O) groups excluding carboxylic acids is 1. The van der Waals surface area contributed by atoms with Crippen molar-refractivity contribution in [3.63, 3.8) is 0 Å². The van der Waals surface area contributed by atoms with Gasteiger partial charge in [-0.1, -0.05) is 12.1 Å². The molecule has 0 aliphatic carbocycles. The van der Waals surface area contributed by atoms with Crippen molar-refractivity contribution in [3.05, 3.63) is 53.3 Å². The minimum absolute atomic E-state index is 0.103. The third-order valence-corrected chi connectivity index (χ3v) is 2.98. The predicted octanol–water partition coefficient (Wildman–Crippen LogP) is 1.68. The van der Waals surface area contributed by atoms with Gasteiger partial charge in [0.1, 0.15) is 11.8 Å². The molecule has 0 atom stereocenters. The smallest absolute Gasteiger partial charge is 0.272 e. The van der Waals surface area contributed by atoms with Gasteiger partial charge in [0.05, 0.1) is 5.56 Å². The second-order valence-electron chi connectivity index (χ2n) is 4.46. The molecule has 2 rings (SSSR count). The van der Waals surface area contributed by atoms with Gasteiger partial charge in [0.2, 0.25) is 0 Å². The number of nitriles is 1. The molecule has 5 nitrogen and oxygen atoms in total. The zero-order valence-corrected chi connectivity index (χ0v) is 11.1. The molecule has 1 aromatic carbocycles. The van der Waals surface area contributed by atoms with Crippen LogP contribution in [0.15, 0.2) is 36.5 Å². The molecule has 0 spiro atoms. The number of nitrogens with one attached hydrogen (secondary N) is 1. The summed E-state index contributed by atoms with van der Waals surface area (Å²) in [5.41, 5.74) is 2.57. The molecule has 0 aliphatic rings. The van der Waals surface area contributed by atoms with E-state index in [4.69, 9.17) is 10.4 Å². The lowest BCUT2D eigenvalue weighted by Crippen LogP contribution is -2.15. The summed E-state index contributed by atoms with van der Waals surface area (Å²) >= 11 is 0. The number of aromatic nitrogens is 1. The van der Waals surface area contributed by atoms with Gasteiger partial charge in [-0.2, -0.15) is 5.26 Å². The van der Waals surface area contributed by atoms with Crippen LogP contribution in [-0.4, -0.2) is 22.2 Å². The molecule has 5 heteroatoms. The van der Waals surface area contributed by atoms with E-state index in [0.717, 1.165) is 5.56 Å². The maximum atomic E-state index is 12.1. The highest BCUT2D eigenvalue weighted by atomic mass is 16.2. The molecule has 0 unspecified atom stereocenters. The van der Waals surface area contributed by atoms with E-state index in [1.165, 1.54) is 0 Å². The summed E-state index contributed by atoms with van der Waals surface area (Å²) in [6, 6.07) is 10.8. The summed E-state index contributed by atoms with van der Waals surface area (Å²) in [5.74, 6) is -0.260. The van der Waals surface area contributed by atoms with Crippen LogP contribution in [0.3, 0.4) is 0 Å². The number of aliphatic hydroxyl groups is 1. The van der Waals surface area contributed by atoms with Gasteiger partial charge in [-0.25, -0.2) is 0 Å². The van der Waals surface area contributed by atoms with Crippen molar-refractivity contribution < 1.29 is 9.90 Å². The van der Waals surface area contributed by atoms with Crippen LogP contribution in [0.1, 0.15) is 21.6 Å². The third-order valence-electron chi connectivity index (χ3n) is 2.98. The van der Waals surface area contributed by atoms with Gasteiger partial charge in [0.15, 0.2) is 0 Å². The Hall–Kier alpha value is -2.58. The van der Waals surface area contributed by atoms with Crippen LogP contribution in [0.4, 0.5) is 5.69 Å². The number of aryl methyl sites for hydroxylation is 1. The fourth-order valence-corrected chi connectivity index (χ4v) is 1.93. The first-order valence-electron chi connectivity index (χ1n) is 6.21. The molecule has 1 heterocycles. The largest absolute Gasteiger partial charge is 0.396 e. The van der Waals surface area contributed by atoms with Crippen LogP contribution in [-0.2, 0) is 13.5 Å². The minimum atomic E-state index is -0.260. The predicted molar refractivity (Wildman–Crippen MR) is 75.3 cm³/mol. The number of hydrogen-bond acceptors (Lipinski definition) is 3. The quantitative estimate of drug-likeness (QED) is 0.886. The topological polar surface area (TPSA) is 78.0 Å². The van der Waals surface area contributed by atoms with E-state index in [2.05, 4.69) is 5.32 Å². The Balaban J connectivity index is 2.11. The standard InChI is InChI=1S/C15H15N3O2/c1-18-10-12(9-16)8-14(18)15(20)17-13-4-2-11(3-5-13)6-7-19/h2-5,8,10,19H,6-7H2,1H3,(H,17,20). The highest BCUT2D eigenvalue weighted by Gasteiger charge is 2.11. The average molecular weight is 269 g/mol. The number of benzene rings is 1. The zero-order chi connectivity index (χ0) is 14.5. The van der Waals surface area contributed by atoms with Gasteiger partial charge >= 0.3 is 0 Å². The molecule has 102 valence electrons. The first-order chi connectivity index (χ1) is 9.63. The lowest BCUT2D eigenvalue weighted by Gasteiger charge is -2.06. The maximum Gasteiger partial charge on any atom is 0.272 e. The molecular weight excluding hydrogens is 254 g/mol. The Morgan fingerprint density at radius 2 is 2.10 bits per heavy atom. The van der Waals surface area contributed by atoms with Gasteiger partial charge in [-0.3, -0.25) is 4.79 Å². The van der Waals surface area contributed by atoms with Gasteiger partial charge < -0.3 is 15.0 Å². The summed E-state index contributed by atoms with van der Waals surface area (Å²) < 4.78 is 1.62. The number of anilines is 1. The van der Waals surface area contributed by atoms with Gasteiger partial charge in [-0.15, -0.1) is 0 Å². The Labute approximate surface area is 117 Å². The fourth-order valence-electron chi connectivity index (χ4n) is 1.93. The van der Waals surface area contributed by atoms with Crippen LogP contribution in [0, 0.1) is 11.3 Å². The van der Waals surface area contributed by atoms with Crippen LogP contribution in [0.2, 0.25) is 0 Å². The first-order valence-corrected chi connectivity index (χ1v) is 6.21. The third kappa shape index (κ3) is 3.05. The average Bonchev–Trinajstić information content (AvgIpc) is 2.83. The summed E-state index contributed by atoms with van der Waals surface area (Å²) in [6.07, 6.45) is 2.21. The van der Waals surface area contributed by atoms with E-state index in [-0.39, 0.29) is 12.5 Å². The number of aliphatic hydroxyl groups excluding tert-OH is 1. The molecule has 0 aliphatic heterocycles. The zero-order valence-electron chi connectivity index (χ0n) is 11.1.